The second kappa shape index (κ2) is 8.80. The SMILES string of the molecule is COCC1(CN[C@@H]2C[C@H]2c2ccccc2)CCN(C(=O)N2CCOCC2)CC1. The van der Waals surface area contributed by atoms with Crippen LogP contribution in [0.15, 0.2) is 30.3 Å². The first kappa shape index (κ1) is 19.7. The lowest BCUT2D eigenvalue weighted by molar-refractivity contribution is 0.0136. The first-order valence-corrected chi connectivity index (χ1v) is 10.6. The molecule has 2 saturated heterocycles. The number of carbonyl (C=O) groups is 1. The van der Waals surface area contributed by atoms with E-state index in [-0.39, 0.29) is 11.4 Å². The minimum atomic E-state index is 0.125. The highest BCUT2D eigenvalue weighted by Gasteiger charge is 2.42. The van der Waals surface area contributed by atoms with Crippen molar-refractivity contribution in [1.29, 1.82) is 0 Å². The number of nitrogens with one attached hydrogen (secondary N) is 1. The zero-order valence-corrected chi connectivity index (χ0v) is 16.9. The average Bonchev–Trinajstić information content (AvgIpc) is 3.54. The van der Waals surface area contributed by atoms with Gasteiger partial charge in [-0.2, -0.15) is 0 Å². The molecular weight excluding hydrogens is 354 g/mol. The molecular formula is C22H33N3O3. The summed E-state index contributed by atoms with van der Waals surface area (Å²) < 4.78 is 11.0. The van der Waals surface area contributed by atoms with E-state index in [0.29, 0.717) is 38.3 Å². The van der Waals surface area contributed by atoms with Gasteiger partial charge in [0.2, 0.25) is 0 Å². The predicted octanol–water partition coefficient (Wildman–Crippen LogP) is 2.31. The Bertz CT molecular complexity index is 640. The monoisotopic (exact) mass is 387 g/mol. The van der Waals surface area contributed by atoms with Crippen LogP contribution in [0.3, 0.4) is 0 Å². The van der Waals surface area contributed by atoms with E-state index >= 15 is 0 Å². The maximum Gasteiger partial charge on any atom is 0.320 e. The first-order chi connectivity index (χ1) is 13.7. The van der Waals surface area contributed by atoms with Gasteiger partial charge in [0.25, 0.3) is 0 Å². The molecule has 6 heteroatoms. The van der Waals surface area contributed by atoms with Gasteiger partial charge in [0, 0.05) is 57.2 Å². The number of rotatable bonds is 6. The summed E-state index contributed by atoms with van der Waals surface area (Å²) in [6.07, 6.45) is 3.20. The molecule has 1 N–H and O–H groups in total. The molecule has 2 atom stereocenters. The number of hydrogen-bond donors (Lipinski definition) is 1. The summed E-state index contributed by atoms with van der Waals surface area (Å²) in [5, 5.41) is 3.80. The summed E-state index contributed by atoms with van der Waals surface area (Å²) in [5.41, 5.74) is 1.56. The Morgan fingerprint density at radius 2 is 1.82 bits per heavy atom. The van der Waals surface area contributed by atoms with Crippen molar-refractivity contribution < 1.29 is 14.3 Å². The Morgan fingerprint density at radius 3 is 2.50 bits per heavy atom. The number of benzene rings is 1. The molecule has 0 unspecified atom stereocenters. The van der Waals surface area contributed by atoms with E-state index in [1.165, 1.54) is 12.0 Å². The highest BCUT2D eigenvalue weighted by atomic mass is 16.5. The molecule has 0 bridgehead atoms. The molecule has 2 heterocycles. The van der Waals surface area contributed by atoms with Crippen LogP contribution in [0.4, 0.5) is 4.79 Å². The molecule has 0 aromatic heterocycles. The minimum Gasteiger partial charge on any atom is -0.384 e. The van der Waals surface area contributed by atoms with Crippen molar-refractivity contribution in [2.75, 3.05) is 59.7 Å². The number of piperidine rings is 1. The van der Waals surface area contributed by atoms with E-state index in [4.69, 9.17) is 9.47 Å². The lowest BCUT2D eigenvalue weighted by Crippen LogP contribution is -2.54. The van der Waals surface area contributed by atoms with Crippen LogP contribution in [0.5, 0.6) is 0 Å². The van der Waals surface area contributed by atoms with Gasteiger partial charge in [-0.05, 0) is 24.8 Å². The quantitative estimate of drug-likeness (QED) is 0.814. The van der Waals surface area contributed by atoms with Crippen LogP contribution in [0.25, 0.3) is 0 Å². The van der Waals surface area contributed by atoms with Crippen molar-refractivity contribution in [3.8, 4) is 0 Å². The first-order valence-electron chi connectivity index (χ1n) is 10.6. The van der Waals surface area contributed by atoms with Gasteiger partial charge in [-0.3, -0.25) is 0 Å². The van der Waals surface area contributed by atoms with Crippen molar-refractivity contribution in [3.05, 3.63) is 35.9 Å². The molecule has 1 saturated carbocycles. The summed E-state index contributed by atoms with van der Waals surface area (Å²) in [5.74, 6) is 0.642. The van der Waals surface area contributed by atoms with Crippen molar-refractivity contribution in [2.24, 2.45) is 5.41 Å². The largest absolute Gasteiger partial charge is 0.384 e. The maximum absolute atomic E-state index is 12.7. The molecule has 28 heavy (non-hydrogen) atoms. The molecule has 154 valence electrons. The highest BCUT2D eigenvalue weighted by molar-refractivity contribution is 5.74. The third-order valence-corrected chi connectivity index (χ3v) is 6.58. The lowest BCUT2D eigenvalue weighted by Gasteiger charge is -2.43. The van der Waals surface area contributed by atoms with Gasteiger partial charge in [-0.15, -0.1) is 0 Å². The van der Waals surface area contributed by atoms with E-state index in [2.05, 4.69) is 35.6 Å². The predicted molar refractivity (Wildman–Crippen MR) is 108 cm³/mol. The molecule has 0 spiro atoms. The minimum absolute atomic E-state index is 0.125. The molecule has 2 amide bonds. The van der Waals surface area contributed by atoms with Gasteiger partial charge in [0.15, 0.2) is 0 Å². The second-order valence-electron chi connectivity index (χ2n) is 8.54. The molecule has 2 aliphatic heterocycles. The molecule has 1 aliphatic carbocycles. The molecule has 3 fully saturated rings. The summed E-state index contributed by atoms with van der Waals surface area (Å²) in [6, 6.07) is 11.5. The number of likely N-dealkylation sites (tertiary alicyclic amines) is 1. The summed E-state index contributed by atoms with van der Waals surface area (Å²) in [4.78, 5) is 16.7. The molecule has 0 radical (unpaired) electrons. The Balaban J connectivity index is 1.28. The second-order valence-corrected chi connectivity index (χ2v) is 8.54. The van der Waals surface area contributed by atoms with Crippen LogP contribution < -0.4 is 5.32 Å². The number of hydrogen-bond acceptors (Lipinski definition) is 4. The van der Waals surface area contributed by atoms with Crippen LogP contribution >= 0.6 is 0 Å². The molecule has 1 aromatic carbocycles. The fourth-order valence-electron chi connectivity index (χ4n) is 4.64. The zero-order chi connectivity index (χ0) is 19.4. The van der Waals surface area contributed by atoms with Gasteiger partial charge in [-0.1, -0.05) is 30.3 Å². The van der Waals surface area contributed by atoms with Crippen molar-refractivity contribution in [1.82, 2.24) is 15.1 Å². The van der Waals surface area contributed by atoms with Gasteiger partial charge >= 0.3 is 6.03 Å². The van der Waals surface area contributed by atoms with Crippen molar-refractivity contribution >= 4 is 6.03 Å². The Labute approximate surface area is 168 Å². The average molecular weight is 388 g/mol. The van der Waals surface area contributed by atoms with Crippen molar-refractivity contribution in [3.63, 3.8) is 0 Å². The van der Waals surface area contributed by atoms with Crippen LogP contribution in [-0.2, 0) is 9.47 Å². The third kappa shape index (κ3) is 4.50. The van der Waals surface area contributed by atoms with Gasteiger partial charge < -0.3 is 24.6 Å². The Kier molecular flexibility index (Phi) is 6.19. The van der Waals surface area contributed by atoms with Crippen molar-refractivity contribution in [2.45, 2.75) is 31.2 Å². The van der Waals surface area contributed by atoms with Crippen LogP contribution in [-0.4, -0.2) is 81.5 Å². The van der Waals surface area contributed by atoms with Gasteiger partial charge in [0.05, 0.1) is 19.8 Å². The number of methoxy groups -OCH3 is 1. The summed E-state index contributed by atoms with van der Waals surface area (Å²) >= 11 is 0. The van der Waals surface area contributed by atoms with E-state index in [1.54, 1.807) is 7.11 Å². The number of ether oxygens (including phenoxy) is 2. The van der Waals surface area contributed by atoms with Crippen LogP contribution in [0.1, 0.15) is 30.7 Å². The fraction of sp³-hybridized carbons (Fsp3) is 0.682. The zero-order valence-electron chi connectivity index (χ0n) is 16.9. The van der Waals surface area contributed by atoms with Crippen LogP contribution in [0, 0.1) is 5.41 Å². The normalized spacial score (nSPS) is 26.9. The number of carbonyl (C=O) groups excluding carboxylic acids is 1. The molecule has 3 aliphatic rings. The summed E-state index contributed by atoms with van der Waals surface area (Å²) in [7, 11) is 1.79. The molecule has 4 rings (SSSR count). The molecule has 6 nitrogen and oxygen atoms in total. The van der Waals surface area contributed by atoms with E-state index in [9.17, 15) is 4.79 Å². The van der Waals surface area contributed by atoms with Gasteiger partial charge in [-0.25, -0.2) is 4.79 Å². The number of morpholine rings is 1. The maximum atomic E-state index is 12.7. The number of nitrogens with zero attached hydrogens (tertiary/aromatic N) is 2. The topological polar surface area (TPSA) is 54.0 Å². The van der Waals surface area contributed by atoms with Gasteiger partial charge in [0.1, 0.15) is 0 Å². The van der Waals surface area contributed by atoms with E-state index in [1.807, 2.05) is 9.80 Å². The number of urea groups is 1. The lowest BCUT2D eigenvalue weighted by atomic mass is 9.79. The third-order valence-electron chi connectivity index (χ3n) is 6.58. The summed E-state index contributed by atoms with van der Waals surface area (Å²) in [6.45, 7) is 6.08. The van der Waals surface area contributed by atoms with E-state index < -0.39 is 0 Å². The Hall–Kier alpha value is -1.63. The molecule has 1 aromatic rings. The fourth-order valence-corrected chi connectivity index (χ4v) is 4.64. The standard InChI is InChI=1S/C22H33N3O3/c1-27-17-22(16-23-20-15-19(20)18-5-3-2-4-6-18)7-9-24(10-8-22)21(26)25-11-13-28-14-12-25/h2-6,19-20,23H,7-17H2,1H3/t19-,20+/m0/s1. The highest BCUT2D eigenvalue weighted by Crippen LogP contribution is 2.42. The van der Waals surface area contributed by atoms with Crippen LogP contribution in [0.2, 0.25) is 0 Å². The smallest absolute Gasteiger partial charge is 0.320 e. The van der Waals surface area contributed by atoms with E-state index in [0.717, 1.165) is 39.1 Å². The number of amides is 2. The Morgan fingerprint density at radius 1 is 1.14 bits per heavy atom.